The number of aromatic nitrogens is 2. The number of nitrogens with zero attached hydrogens (tertiary/aromatic N) is 3. The number of carbonyl (C=O) groups excluding carboxylic acids is 1. The predicted molar refractivity (Wildman–Crippen MR) is 60.6 cm³/mol. The van der Waals surface area contributed by atoms with E-state index < -0.39 is 0 Å². The second kappa shape index (κ2) is 4.25. The molecule has 1 aromatic heterocycles. The summed E-state index contributed by atoms with van der Waals surface area (Å²) in [4.78, 5) is 13.6. The van der Waals surface area contributed by atoms with E-state index >= 15 is 0 Å². The maximum atomic E-state index is 11.7. The molecule has 1 aromatic rings. The first-order valence-electron chi connectivity index (χ1n) is 5.75. The summed E-state index contributed by atoms with van der Waals surface area (Å²) in [5, 5.41) is 4.23. The summed E-state index contributed by atoms with van der Waals surface area (Å²) >= 11 is 0. The predicted octanol–water partition coefficient (Wildman–Crippen LogP) is 0.524. The van der Waals surface area contributed by atoms with Crippen molar-refractivity contribution in [3.63, 3.8) is 0 Å². The highest BCUT2D eigenvalue weighted by atomic mass is 16.2. The number of likely N-dealkylation sites (N-methyl/N-ethyl adjacent to an activating group) is 1. The Kier molecular flexibility index (Phi) is 2.96. The Labute approximate surface area is 95.2 Å². The molecular weight excluding hydrogens is 204 g/mol. The summed E-state index contributed by atoms with van der Waals surface area (Å²) in [7, 11) is 0. The van der Waals surface area contributed by atoms with Crippen molar-refractivity contribution in [1.29, 1.82) is 0 Å². The molecule has 0 unspecified atom stereocenters. The molecule has 0 bridgehead atoms. The van der Waals surface area contributed by atoms with Gasteiger partial charge in [0.25, 0.3) is 0 Å². The first kappa shape index (κ1) is 11.1. The van der Waals surface area contributed by atoms with Crippen LogP contribution in [0.4, 0.5) is 0 Å². The Balaban J connectivity index is 2.35. The minimum absolute atomic E-state index is 0.0139. The van der Waals surface area contributed by atoms with Crippen molar-refractivity contribution in [1.82, 2.24) is 14.7 Å². The van der Waals surface area contributed by atoms with Crippen LogP contribution < -0.4 is 5.73 Å². The Morgan fingerprint density at radius 2 is 2.25 bits per heavy atom. The number of hydrogen-bond acceptors (Lipinski definition) is 3. The molecule has 5 nitrogen and oxygen atoms in total. The third kappa shape index (κ3) is 1.61. The fourth-order valence-electron chi connectivity index (χ4n) is 2.43. The van der Waals surface area contributed by atoms with Crippen LogP contribution in [0.15, 0.2) is 12.3 Å². The normalized spacial score (nSPS) is 25.4. The molecule has 0 spiro atoms. The fraction of sp³-hybridized carbons (Fsp3) is 0.636. The van der Waals surface area contributed by atoms with Gasteiger partial charge in [-0.05, 0) is 19.9 Å². The van der Waals surface area contributed by atoms with Crippen LogP contribution in [0.5, 0.6) is 0 Å². The molecule has 88 valence electrons. The van der Waals surface area contributed by atoms with Crippen LogP contribution in [-0.2, 0) is 11.3 Å². The molecular formula is C11H18N4O. The Morgan fingerprint density at radius 1 is 1.50 bits per heavy atom. The van der Waals surface area contributed by atoms with Gasteiger partial charge in [-0.3, -0.25) is 9.48 Å². The van der Waals surface area contributed by atoms with Crippen molar-refractivity contribution in [2.75, 3.05) is 6.54 Å². The van der Waals surface area contributed by atoms with Crippen molar-refractivity contribution in [2.45, 2.75) is 38.9 Å². The van der Waals surface area contributed by atoms with Crippen molar-refractivity contribution in [3.8, 4) is 0 Å². The van der Waals surface area contributed by atoms with Gasteiger partial charge in [0.05, 0.1) is 11.7 Å². The smallest absolute Gasteiger partial charge is 0.224 e. The van der Waals surface area contributed by atoms with Crippen LogP contribution in [0.2, 0.25) is 0 Å². The van der Waals surface area contributed by atoms with Gasteiger partial charge in [-0.15, -0.1) is 0 Å². The molecule has 2 atom stereocenters. The SMILES string of the molecule is CCN1C(=O)C[C@H](N)[C@H]1c1ccnn1CC. The van der Waals surface area contributed by atoms with Crippen LogP contribution in [0.3, 0.4) is 0 Å². The molecule has 0 saturated carbocycles. The van der Waals surface area contributed by atoms with Gasteiger partial charge < -0.3 is 10.6 Å². The molecule has 1 fully saturated rings. The van der Waals surface area contributed by atoms with Gasteiger partial charge in [-0.2, -0.15) is 5.10 Å². The van der Waals surface area contributed by atoms with Gasteiger partial charge in [0, 0.05) is 31.7 Å². The highest BCUT2D eigenvalue weighted by Gasteiger charge is 2.39. The summed E-state index contributed by atoms with van der Waals surface area (Å²) in [6.07, 6.45) is 2.20. The maximum Gasteiger partial charge on any atom is 0.224 e. The summed E-state index contributed by atoms with van der Waals surface area (Å²) < 4.78 is 1.91. The molecule has 1 aliphatic rings. The van der Waals surface area contributed by atoms with Crippen molar-refractivity contribution in [3.05, 3.63) is 18.0 Å². The lowest BCUT2D eigenvalue weighted by atomic mass is 10.1. The minimum atomic E-state index is -0.116. The highest BCUT2D eigenvalue weighted by molar-refractivity contribution is 5.80. The van der Waals surface area contributed by atoms with Crippen LogP contribution in [0, 0.1) is 0 Å². The third-order valence-electron chi connectivity index (χ3n) is 3.16. The lowest BCUT2D eigenvalue weighted by Crippen LogP contribution is -2.34. The van der Waals surface area contributed by atoms with Crippen LogP contribution in [0.25, 0.3) is 0 Å². The lowest BCUT2D eigenvalue weighted by molar-refractivity contribution is -0.128. The van der Waals surface area contributed by atoms with E-state index in [1.54, 1.807) is 6.20 Å². The zero-order chi connectivity index (χ0) is 11.7. The zero-order valence-electron chi connectivity index (χ0n) is 9.76. The van der Waals surface area contributed by atoms with E-state index in [4.69, 9.17) is 5.73 Å². The van der Waals surface area contributed by atoms with E-state index in [2.05, 4.69) is 5.10 Å². The second-order valence-corrected chi connectivity index (χ2v) is 4.06. The van der Waals surface area contributed by atoms with Crippen LogP contribution in [0.1, 0.15) is 32.0 Å². The van der Waals surface area contributed by atoms with Gasteiger partial charge in [0.2, 0.25) is 5.91 Å². The first-order chi connectivity index (χ1) is 7.69. The molecule has 1 saturated heterocycles. The van der Waals surface area contributed by atoms with E-state index in [1.165, 1.54) is 0 Å². The van der Waals surface area contributed by atoms with E-state index in [9.17, 15) is 4.79 Å². The standard InChI is InChI=1S/C11H18N4O/c1-3-14-10(16)7-8(12)11(14)9-5-6-13-15(9)4-2/h5-6,8,11H,3-4,7,12H2,1-2H3/t8-,11-/m0/s1. The highest BCUT2D eigenvalue weighted by Crippen LogP contribution is 2.31. The van der Waals surface area contributed by atoms with Gasteiger partial charge in [0.15, 0.2) is 0 Å². The van der Waals surface area contributed by atoms with E-state index in [1.807, 2.05) is 29.5 Å². The molecule has 2 N–H and O–H groups in total. The van der Waals surface area contributed by atoms with Crippen molar-refractivity contribution >= 4 is 5.91 Å². The molecule has 0 aromatic carbocycles. The zero-order valence-corrected chi connectivity index (χ0v) is 9.76. The molecule has 16 heavy (non-hydrogen) atoms. The number of aryl methyl sites for hydroxylation is 1. The van der Waals surface area contributed by atoms with E-state index in [0.29, 0.717) is 13.0 Å². The van der Waals surface area contributed by atoms with Crippen LogP contribution in [-0.4, -0.2) is 33.2 Å². The number of amides is 1. The van der Waals surface area contributed by atoms with Gasteiger partial charge in [0.1, 0.15) is 0 Å². The summed E-state index contributed by atoms with van der Waals surface area (Å²) in [6.45, 7) is 5.52. The van der Waals surface area contributed by atoms with E-state index in [-0.39, 0.29) is 18.0 Å². The topological polar surface area (TPSA) is 64.2 Å². The van der Waals surface area contributed by atoms with Crippen molar-refractivity contribution < 1.29 is 4.79 Å². The Bertz CT molecular complexity index is 387. The fourth-order valence-corrected chi connectivity index (χ4v) is 2.43. The van der Waals surface area contributed by atoms with Gasteiger partial charge in [-0.25, -0.2) is 0 Å². The molecule has 0 aliphatic carbocycles. The summed E-state index contributed by atoms with van der Waals surface area (Å²) in [5.41, 5.74) is 7.09. The van der Waals surface area contributed by atoms with Gasteiger partial charge >= 0.3 is 0 Å². The first-order valence-corrected chi connectivity index (χ1v) is 5.75. The molecule has 2 rings (SSSR count). The van der Waals surface area contributed by atoms with Crippen LogP contribution >= 0.6 is 0 Å². The molecule has 1 amide bonds. The van der Waals surface area contributed by atoms with Crippen molar-refractivity contribution in [2.24, 2.45) is 5.73 Å². The minimum Gasteiger partial charge on any atom is -0.333 e. The number of carbonyl (C=O) groups is 1. The molecule has 2 heterocycles. The Hall–Kier alpha value is -1.36. The summed E-state index contributed by atoms with van der Waals surface area (Å²) in [5.74, 6) is 0.142. The number of nitrogens with two attached hydrogens (primary N) is 1. The number of hydrogen-bond donors (Lipinski definition) is 1. The lowest BCUT2D eigenvalue weighted by Gasteiger charge is -2.26. The van der Waals surface area contributed by atoms with Gasteiger partial charge in [-0.1, -0.05) is 0 Å². The molecule has 1 aliphatic heterocycles. The monoisotopic (exact) mass is 222 g/mol. The average molecular weight is 222 g/mol. The third-order valence-corrected chi connectivity index (χ3v) is 3.16. The number of likely N-dealkylation sites (tertiary alicyclic amines) is 1. The quantitative estimate of drug-likeness (QED) is 0.811. The Morgan fingerprint density at radius 3 is 2.88 bits per heavy atom. The molecule has 5 heteroatoms. The second-order valence-electron chi connectivity index (χ2n) is 4.06. The average Bonchev–Trinajstić information content (AvgIpc) is 2.81. The maximum absolute atomic E-state index is 11.7. The molecule has 0 radical (unpaired) electrons. The van der Waals surface area contributed by atoms with E-state index in [0.717, 1.165) is 12.2 Å². The number of rotatable bonds is 3. The summed E-state index contributed by atoms with van der Waals surface area (Å²) in [6, 6.07) is 1.82. The largest absolute Gasteiger partial charge is 0.333 e.